The van der Waals surface area contributed by atoms with Gasteiger partial charge in [-0.05, 0) is 36.1 Å². The summed E-state index contributed by atoms with van der Waals surface area (Å²) in [5.41, 5.74) is 8.68. The fourth-order valence-corrected chi connectivity index (χ4v) is 3.01. The van der Waals surface area contributed by atoms with E-state index in [0.717, 1.165) is 37.1 Å². The average molecular weight is 361 g/mol. The van der Waals surface area contributed by atoms with Gasteiger partial charge in [-0.15, -0.1) is 12.4 Å². The highest BCUT2D eigenvalue weighted by Gasteiger charge is 2.23. The number of nitrogen functional groups attached to an aromatic ring is 1. The lowest BCUT2D eigenvalue weighted by atomic mass is 10.0. The molecule has 0 aliphatic heterocycles. The maximum atomic E-state index is 13.0. The Morgan fingerprint density at radius 2 is 1.68 bits per heavy atom. The summed E-state index contributed by atoms with van der Waals surface area (Å²) in [6.45, 7) is 5.11. The van der Waals surface area contributed by atoms with E-state index >= 15 is 0 Å². The fourth-order valence-electron chi connectivity index (χ4n) is 3.01. The quantitative estimate of drug-likeness (QED) is 0.672. The fraction of sp³-hybridized carbons (Fsp3) is 0.381. The predicted molar refractivity (Wildman–Crippen MR) is 108 cm³/mol. The second kappa shape index (κ2) is 10.8. The molecule has 0 aliphatic carbocycles. The summed E-state index contributed by atoms with van der Waals surface area (Å²) in [4.78, 5) is 15.0. The van der Waals surface area contributed by atoms with Crippen molar-refractivity contribution in [2.75, 3.05) is 12.3 Å². The van der Waals surface area contributed by atoms with Gasteiger partial charge in [0, 0.05) is 12.2 Å². The maximum absolute atomic E-state index is 13.0. The number of anilines is 1. The molecule has 1 atom stereocenters. The van der Waals surface area contributed by atoms with Crippen molar-refractivity contribution in [1.82, 2.24) is 4.90 Å². The Morgan fingerprint density at radius 3 is 2.24 bits per heavy atom. The van der Waals surface area contributed by atoms with Crippen molar-refractivity contribution in [3.8, 4) is 0 Å². The maximum Gasteiger partial charge on any atom is 0.227 e. The van der Waals surface area contributed by atoms with E-state index < -0.39 is 0 Å². The Bertz CT molecular complexity index is 628. The van der Waals surface area contributed by atoms with Crippen LogP contribution in [0.4, 0.5) is 5.69 Å². The predicted octanol–water partition coefficient (Wildman–Crippen LogP) is 5.01. The summed E-state index contributed by atoms with van der Waals surface area (Å²) in [5, 5.41) is 0. The molecule has 0 bridgehead atoms. The van der Waals surface area contributed by atoms with Gasteiger partial charge in [0.15, 0.2) is 0 Å². The van der Waals surface area contributed by atoms with Crippen LogP contribution >= 0.6 is 12.4 Å². The second-order valence-corrected chi connectivity index (χ2v) is 6.19. The number of carbonyl (C=O) groups excluding carboxylic acids is 1. The highest BCUT2D eigenvalue weighted by Crippen LogP contribution is 2.25. The molecule has 2 aromatic rings. The van der Waals surface area contributed by atoms with Crippen LogP contribution in [0.2, 0.25) is 0 Å². The molecule has 2 rings (SSSR count). The zero-order chi connectivity index (χ0) is 17.4. The molecule has 0 heterocycles. The highest BCUT2D eigenvalue weighted by atomic mass is 35.5. The van der Waals surface area contributed by atoms with E-state index in [1.54, 1.807) is 0 Å². The summed E-state index contributed by atoms with van der Waals surface area (Å²) < 4.78 is 0. The number of unbranched alkanes of at least 4 members (excludes halogenated alkanes) is 1. The Balaban J connectivity index is 0.00000312. The topological polar surface area (TPSA) is 46.3 Å². The van der Waals surface area contributed by atoms with Gasteiger partial charge in [-0.1, -0.05) is 62.7 Å². The van der Waals surface area contributed by atoms with Crippen LogP contribution in [0, 0.1) is 0 Å². The minimum absolute atomic E-state index is 0. The number of benzene rings is 2. The molecule has 3 nitrogen and oxygen atoms in total. The Kier molecular flexibility index (Phi) is 9.07. The molecule has 0 aromatic heterocycles. The summed E-state index contributed by atoms with van der Waals surface area (Å²) in [6, 6.07) is 18.1. The largest absolute Gasteiger partial charge is 0.399 e. The first kappa shape index (κ1) is 21.0. The molecular weight excluding hydrogens is 332 g/mol. The van der Waals surface area contributed by atoms with E-state index in [4.69, 9.17) is 5.73 Å². The van der Waals surface area contributed by atoms with Crippen LogP contribution in [0.1, 0.15) is 50.3 Å². The third-order valence-corrected chi connectivity index (χ3v) is 4.36. The number of nitrogens with two attached hydrogens (primary N) is 1. The molecule has 136 valence electrons. The smallest absolute Gasteiger partial charge is 0.227 e. The van der Waals surface area contributed by atoms with Crippen LogP contribution in [-0.4, -0.2) is 17.4 Å². The van der Waals surface area contributed by atoms with Crippen LogP contribution < -0.4 is 5.73 Å². The SMILES string of the molecule is CCCCN(C(=O)Cc1ccc(N)cc1)C(CC)c1ccccc1.Cl. The summed E-state index contributed by atoms with van der Waals surface area (Å²) in [6.07, 6.45) is 3.45. The van der Waals surface area contributed by atoms with Crippen molar-refractivity contribution in [3.63, 3.8) is 0 Å². The highest BCUT2D eigenvalue weighted by molar-refractivity contribution is 5.85. The minimum Gasteiger partial charge on any atom is -0.399 e. The van der Waals surface area contributed by atoms with E-state index in [1.165, 1.54) is 5.56 Å². The Labute approximate surface area is 157 Å². The molecule has 2 N–H and O–H groups in total. The number of hydrogen-bond donors (Lipinski definition) is 1. The van der Waals surface area contributed by atoms with Crippen LogP contribution in [0.3, 0.4) is 0 Å². The zero-order valence-corrected chi connectivity index (χ0v) is 16.0. The molecule has 0 saturated heterocycles. The molecule has 0 saturated carbocycles. The first-order chi connectivity index (χ1) is 11.7. The van der Waals surface area contributed by atoms with Gasteiger partial charge in [0.1, 0.15) is 0 Å². The van der Waals surface area contributed by atoms with Crippen molar-refractivity contribution in [1.29, 1.82) is 0 Å². The van der Waals surface area contributed by atoms with E-state index in [9.17, 15) is 4.79 Å². The number of amides is 1. The van der Waals surface area contributed by atoms with Crippen molar-refractivity contribution in [3.05, 3.63) is 65.7 Å². The molecule has 0 spiro atoms. The lowest BCUT2D eigenvalue weighted by molar-refractivity contribution is -0.133. The molecule has 1 unspecified atom stereocenters. The number of rotatable bonds is 8. The van der Waals surface area contributed by atoms with Gasteiger partial charge in [-0.25, -0.2) is 0 Å². The van der Waals surface area contributed by atoms with Gasteiger partial charge >= 0.3 is 0 Å². The first-order valence-electron chi connectivity index (χ1n) is 8.84. The molecule has 0 fully saturated rings. The molecule has 25 heavy (non-hydrogen) atoms. The molecule has 0 radical (unpaired) electrons. The van der Waals surface area contributed by atoms with E-state index in [0.29, 0.717) is 6.42 Å². The van der Waals surface area contributed by atoms with Gasteiger partial charge < -0.3 is 10.6 Å². The molecule has 1 amide bonds. The number of carbonyl (C=O) groups is 1. The summed E-state index contributed by atoms with van der Waals surface area (Å²) in [7, 11) is 0. The summed E-state index contributed by atoms with van der Waals surface area (Å²) in [5.74, 6) is 0.184. The minimum atomic E-state index is 0. The van der Waals surface area contributed by atoms with Gasteiger partial charge in [0.25, 0.3) is 0 Å². The van der Waals surface area contributed by atoms with E-state index in [1.807, 2.05) is 42.5 Å². The second-order valence-electron chi connectivity index (χ2n) is 6.19. The molecular formula is C21H29ClN2O. The first-order valence-corrected chi connectivity index (χ1v) is 8.84. The Morgan fingerprint density at radius 1 is 1.04 bits per heavy atom. The van der Waals surface area contributed by atoms with Gasteiger partial charge in [-0.3, -0.25) is 4.79 Å². The van der Waals surface area contributed by atoms with Crippen LogP contribution in [0.15, 0.2) is 54.6 Å². The molecule has 2 aromatic carbocycles. The van der Waals surface area contributed by atoms with Gasteiger partial charge in [-0.2, -0.15) is 0 Å². The number of halogens is 1. The molecule has 4 heteroatoms. The van der Waals surface area contributed by atoms with Crippen LogP contribution in [-0.2, 0) is 11.2 Å². The number of hydrogen-bond acceptors (Lipinski definition) is 2. The summed E-state index contributed by atoms with van der Waals surface area (Å²) >= 11 is 0. The van der Waals surface area contributed by atoms with Gasteiger partial charge in [0.2, 0.25) is 5.91 Å². The van der Waals surface area contributed by atoms with Crippen molar-refractivity contribution < 1.29 is 4.79 Å². The third-order valence-electron chi connectivity index (χ3n) is 4.36. The van der Waals surface area contributed by atoms with Crippen molar-refractivity contribution >= 4 is 24.0 Å². The lowest BCUT2D eigenvalue weighted by Crippen LogP contribution is -2.36. The van der Waals surface area contributed by atoms with E-state index in [2.05, 4.69) is 30.9 Å². The normalized spacial score (nSPS) is 11.4. The van der Waals surface area contributed by atoms with Crippen LogP contribution in [0.25, 0.3) is 0 Å². The zero-order valence-electron chi connectivity index (χ0n) is 15.2. The molecule has 0 aliphatic rings. The average Bonchev–Trinajstić information content (AvgIpc) is 2.61. The van der Waals surface area contributed by atoms with Crippen LogP contribution in [0.5, 0.6) is 0 Å². The number of nitrogens with zero attached hydrogens (tertiary/aromatic N) is 1. The standard InChI is InChI=1S/C21H28N2O.ClH/c1-3-5-15-23(20(4-2)18-9-7-6-8-10-18)21(24)16-17-11-13-19(22)14-12-17;/h6-14,20H,3-5,15-16,22H2,1-2H3;1H. The monoisotopic (exact) mass is 360 g/mol. The third kappa shape index (κ3) is 6.09. The van der Waals surface area contributed by atoms with Gasteiger partial charge in [0.05, 0.1) is 12.5 Å². The van der Waals surface area contributed by atoms with Crippen molar-refractivity contribution in [2.24, 2.45) is 0 Å². The van der Waals surface area contributed by atoms with E-state index in [-0.39, 0.29) is 24.4 Å². The lowest BCUT2D eigenvalue weighted by Gasteiger charge is -2.32. The van der Waals surface area contributed by atoms with Crippen molar-refractivity contribution in [2.45, 2.75) is 45.6 Å². The Hall–Kier alpha value is -2.00.